The molecule has 1 aliphatic carbocycles. The number of unbranched alkanes of at least 4 members (excludes halogenated alkanes) is 1. The zero-order chi connectivity index (χ0) is 24.5. The van der Waals surface area contributed by atoms with Crippen molar-refractivity contribution in [3.8, 4) is 0 Å². The molecule has 0 fully saturated rings. The summed E-state index contributed by atoms with van der Waals surface area (Å²) in [5, 5.41) is 0. The molecule has 1 aliphatic rings. The highest BCUT2D eigenvalue weighted by molar-refractivity contribution is 5.68. The van der Waals surface area contributed by atoms with E-state index in [9.17, 15) is 0 Å². The monoisotopic (exact) mass is 448 g/mol. The Morgan fingerprint density at radius 1 is 0.939 bits per heavy atom. The van der Waals surface area contributed by atoms with Crippen LogP contribution in [0.15, 0.2) is 79.9 Å². The van der Waals surface area contributed by atoms with Gasteiger partial charge in [0.25, 0.3) is 0 Å². The lowest BCUT2D eigenvalue weighted by Gasteiger charge is -2.18. The highest BCUT2D eigenvalue weighted by atomic mass is 14.3. The molecule has 33 heavy (non-hydrogen) atoms. The van der Waals surface area contributed by atoms with Gasteiger partial charge < -0.3 is 0 Å². The van der Waals surface area contributed by atoms with E-state index in [2.05, 4.69) is 95.1 Å². The first-order valence-corrected chi connectivity index (χ1v) is 12.7. The maximum Gasteiger partial charge on any atom is 0.00570 e. The van der Waals surface area contributed by atoms with Crippen molar-refractivity contribution < 1.29 is 0 Å². The number of benzene rings is 2. The van der Waals surface area contributed by atoms with Gasteiger partial charge in [0.15, 0.2) is 0 Å². The molecule has 0 saturated carbocycles. The lowest BCUT2D eigenvalue weighted by atomic mass is 9.86. The van der Waals surface area contributed by atoms with Gasteiger partial charge in [-0.25, -0.2) is 0 Å². The Balaban J connectivity index is 0. The molecule has 0 heterocycles. The molecule has 0 aliphatic heterocycles. The van der Waals surface area contributed by atoms with Crippen LogP contribution in [0, 0.1) is 12.8 Å². The highest BCUT2D eigenvalue weighted by Gasteiger charge is 2.28. The third kappa shape index (κ3) is 9.99. The molecule has 0 nitrogen and oxygen atoms in total. The molecular weight excluding hydrogens is 396 g/mol. The number of allylic oxidation sites excluding steroid dienone is 3. The fraction of sp³-hybridized carbons (Fsp3) is 0.455. The van der Waals surface area contributed by atoms with E-state index in [4.69, 9.17) is 0 Å². The summed E-state index contributed by atoms with van der Waals surface area (Å²) in [6.07, 6.45) is 8.45. The van der Waals surface area contributed by atoms with Crippen LogP contribution >= 0.6 is 0 Å². The molecule has 0 saturated heterocycles. The second-order valence-corrected chi connectivity index (χ2v) is 7.73. The zero-order valence-corrected chi connectivity index (χ0v) is 22.0. The number of hydrogen-bond acceptors (Lipinski definition) is 0. The first-order chi connectivity index (χ1) is 15.6. The van der Waals surface area contributed by atoms with E-state index < -0.39 is 0 Å². The van der Waals surface area contributed by atoms with Crippen molar-refractivity contribution in [1.82, 2.24) is 0 Å². The van der Waals surface area contributed by atoms with Crippen LogP contribution in [0.5, 0.6) is 0 Å². The van der Waals surface area contributed by atoms with Crippen molar-refractivity contribution in [3.05, 3.63) is 102 Å². The third-order valence-corrected chi connectivity index (χ3v) is 5.80. The summed E-state index contributed by atoms with van der Waals surface area (Å²) in [6, 6.07) is 18.1. The largest absolute Gasteiger partial charge is 0.106 e. The minimum Gasteiger partial charge on any atom is -0.106 e. The van der Waals surface area contributed by atoms with E-state index in [0.717, 1.165) is 12.8 Å². The Morgan fingerprint density at radius 3 is 2.09 bits per heavy atom. The molecule has 3 rings (SSSR count). The maximum atomic E-state index is 4.49. The fourth-order valence-corrected chi connectivity index (χ4v) is 4.13. The van der Waals surface area contributed by atoms with E-state index in [1.165, 1.54) is 47.1 Å². The van der Waals surface area contributed by atoms with Gasteiger partial charge in [-0.05, 0) is 54.9 Å². The van der Waals surface area contributed by atoms with Gasteiger partial charge in [0, 0.05) is 11.8 Å². The quantitative estimate of drug-likeness (QED) is 0.369. The van der Waals surface area contributed by atoms with Crippen LogP contribution in [0.3, 0.4) is 0 Å². The van der Waals surface area contributed by atoms with Crippen molar-refractivity contribution in [2.24, 2.45) is 5.92 Å². The van der Waals surface area contributed by atoms with Crippen LogP contribution in [0.25, 0.3) is 5.57 Å². The Hall–Kier alpha value is -2.34. The molecule has 2 atom stereocenters. The van der Waals surface area contributed by atoms with Crippen LogP contribution < -0.4 is 0 Å². The van der Waals surface area contributed by atoms with Crippen molar-refractivity contribution >= 4 is 5.57 Å². The number of aryl methyl sites for hydroxylation is 2. The molecular formula is C33H52. The minimum absolute atomic E-state index is 0. The summed E-state index contributed by atoms with van der Waals surface area (Å²) < 4.78 is 0. The predicted molar refractivity (Wildman–Crippen MR) is 155 cm³/mol. The molecule has 0 bridgehead atoms. The predicted octanol–water partition coefficient (Wildman–Crippen LogP) is 11.0. The van der Waals surface area contributed by atoms with Gasteiger partial charge in [0.1, 0.15) is 0 Å². The summed E-state index contributed by atoms with van der Waals surface area (Å²) in [7, 11) is 0. The van der Waals surface area contributed by atoms with E-state index in [-0.39, 0.29) is 7.43 Å². The van der Waals surface area contributed by atoms with Crippen molar-refractivity contribution in [3.63, 3.8) is 0 Å². The Bertz CT molecular complexity index is 791. The van der Waals surface area contributed by atoms with Crippen molar-refractivity contribution in [2.45, 2.75) is 93.9 Å². The molecule has 0 heteroatoms. The lowest BCUT2D eigenvalue weighted by molar-refractivity contribution is 0.687. The molecule has 0 spiro atoms. The summed E-state index contributed by atoms with van der Waals surface area (Å²) in [4.78, 5) is 0. The average Bonchev–Trinajstić information content (AvgIpc) is 3.31. The van der Waals surface area contributed by atoms with Gasteiger partial charge in [0.05, 0.1) is 0 Å². The van der Waals surface area contributed by atoms with Gasteiger partial charge in [-0.3, -0.25) is 0 Å². The molecule has 184 valence electrons. The Kier molecular flexibility index (Phi) is 19.1. The van der Waals surface area contributed by atoms with Crippen LogP contribution in [-0.2, 0) is 6.42 Å². The van der Waals surface area contributed by atoms with E-state index in [0.29, 0.717) is 11.8 Å². The van der Waals surface area contributed by atoms with Gasteiger partial charge in [-0.2, -0.15) is 0 Å². The van der Waals surface area contributed by atoms with Gasteiger partial charge in [0.2, 0.25) is 0 Å². The fourth-order valence-electron chi connectivity index (χ4n) is 4.13. The summed E-state index contributed by atoms with van der Waals surface area (Å²) in [5.74, 6) is 1.00. The average molecular weight is 449 g/mol. The van der Waals surface area contributed by atoms with E-state index in [1.54, 1.807) is 5.57 Å². The lowest BCUT2D eigenvalue weighted by Crippen LogP contribution is -2.02. The van der Waals surface area contributed by atoms with E-state index >= 15 is 0 Å². The molecule has 2 aromatic carbocycles. The standard InChI is InChI=1S/C26H32.2C2H6.C2H4.CH4/c1-5-7-9-21-10-8-11-24(16-21)20(4)25-17-22(6-2)26(18-25)23-14-12-19(3)13-15-23;3*1-2;/h8,10-17,25-26H,4-7,9,18H2,1-3H3;2*1-2H3;1-2H2;1H4. The molecule has 0 aromatic heterocycles. The summed E-state index contributed by atoms with van der Waals surface area (Å²) >= 11 is 0. The number of hydrogen-bond donors (Lipinski definition) is 0. The molecule has 0 N–H and O–H groups in total. The Labute approximate surface area is 207 Å². The summed E-state index contributed by atoms with van der Waals surface area (Å²) in [6.45, 7) is 25.2. The first kappa shape index (κ1) is 32.8. The Morgan fingerprint density at radius 2 is 1.55 bits per heavy atom. The molecule has 0 radical (unpaired) electrons. The second kappa shape index (κ2) is 19.2. The molecule has 2 unspecified atom stereocenters. The minimum atomic E-state index is 0. The molecule has 2 aromatic rings. The first-order valence-electron chi connectivity index (χ1n) is 12.7. The normalized spacial score (nSPS) is 15.8. The second-order valence-electron chi connectivity index (χ2n) is 7.73. The van der Waals surface area contributed by atoms with Gasteiger partial charge >= 0.3 is 0 Å². The zero-order valence-electron chi connectivity index (χ0n) is 22.0. The van der Waals surface area contributed by atoms with Crippen LogP contribution in [0.1, 0.15) is 103 Å². The van der Waals surface area contributed by atoms with Crippen molar-refractivity contribution in [1.29, 1.82) is 0 Å². The van der Waals surface area contributed by atoms with Gasteiger partial charge in [-0.1, -0.05) is 128 Å². The topological polar surface area (TPSA) is 0 Å². The highest BCUT2D eigenvalue weighted by Crippen LogP contribution is 2.44. The summed E-state index contributed by atoms with van der Waals surface area (Å²) in [5.41, 5.74) is 8.40. The van der Waals surface area contributed by atoms with Crippen LogP contribution in [-0.4, -0.2) is 0 Å². The van der Waals surface area contributed by atoms with Gasteiger partial charge in [-0.15, -0.1) is 13.2 Å². The maximum absolute atomic E-state index is 4.49. The van der Waals surface area contributed by atoms with Crippen LogP contribution in [0.4, 0.5) is 0 Å². The SMILES string of the molecule is C.C=C.C=C(c1cccc(CCCC)c1)C1C=C(CC)C(c2ccc(C)cc2)C1.CC.CC. The van der Waals surface area contributed by atoms with Crippen molar-refractivity contribution in [2.75, 3.05) is 0 Å². The smallest absolute Gasteiger partial charge is 0.00570 e. The van der Waals surface area contributed by atoms with E-state index in [1.807, 2.05) is 27.7 Å². The number of rotatable bonds is 7. The van der Waals surface area contributed by atoms with Crippen LogP contribution in [0.2, 0.25) is 0 Å². The molecule has 0 amide bonds. The third-order valence-electron chi connectivity index (χ3n) is 5.80.